The number of ether oxygens (including phenoxy) is 2. The van der Waals surface area contributed by atoms with E-state index >= 15 is 0 Å². The zero-order valence-corrected chi connectivity index (χ0v) is 9.67. The average Bonchev–Trinajstić information content (AvgIpc) is 2.56. The molecule has 0 aromatic heterocycles. The van der Waals surface area contributed by atoms with Gasteiger partial charge in [0.1, 0.15) is 0 Å². The molecular weight excluding hydrogens is 188 g/mol. The summed E-state index contributed by atoms with van der Waals surface area (Å²) in [5.74, 6) is 1.37. The topological polar surface area (TPSA) is 18.5 Å². The lowest BCUT2D eigenvalue weighted by Gasteiger charge is -2.25. The quantitative estimate of drug-likeness (QED) is 0.751. The Morgan fingerprint density at radius 3 is 2.53 bits per heavy atom. The van der Waals surface area contributed by atoms with E-state index in [1.54, 1.807) is 0 Å². The molecule has 0 amide bonds. The minimum absolute atomic E-state index is 0.412. The van der Waals surface area contributed by atoms with E-state index < -0.39 is 5.79 Å². The molecule has 82 valence electrons. The van der Waals surface area contributed by atoms with Crippen molar-refractivity contribution in [2.45, 2.75) is 45.8 Å². The van der Waals surface area contributed by atoms with E-state index in [4.69, 9.17) is 9.47 Å². The Kier molecular flexibility index (Phi) is 2.59. The third kappa shape index (κ3) is 1.81. The van der Waals surface area contributed by atoms with Crippen LogP contribution in [0.25, 0.3) is 0 Å². The summed E-state index contributed by atoms with van der Waals surface area (Å²) in [6.07, 6.45) is 2.90. The highest BCUT2D eigenvalue weighted by Crippen LogP contribution is 2.42. The van der Waals surface area contributed by atoms with Gasteiger partial charge in [-0.2, -0.15) is 0 Å². The van der Waals surface area contributed by atoms with E-state index in [2.05, 4.69) is 26.8 Å². The van der Waals surface area contributed by atoms with Gasteiger partial charge in [0.2, 0.25) is 0 Å². The van der Waals surface area contributed by atoms with Gasteiger partial charge in [-0.15, -0.1) is 0 Å². The molecular formula is C13H18O2. The van der Waals surface area contributed by atoms with Gasteiger partial charge in [-0.3, -0.25) is 0 Å². The lowest BCUT2D eigenvalue weighted by molar-refractivity contribution is -0.0885. The summed E-state index contributed by atoms with van der Waals surface area (Å²) in [7, 11) is 0. The first-order chi connectivity index (χ1) is 7.19. The average molecular weight is 206 g/mol. The SMILES string of the molecule is CCCC1(CC)Oc2ccc(C)cc2O1. The van der Waals surface area contributed by atoms with Crippen molar-refractivity contribution in [3.05, 3.63) is 23.8 Å². The molecule has 0 bridgehead atoms. The molecule has 0 saturated heterocycles. The maximum atomic E-state index is 5.94. The first kappa shape index (κ1) is 10.3. The van der Waals surface area contributed by atoms with E-state index in [-0.39, 0.29) is 0 Å². The summed E-state index contributed by atoms with van der Waals surface area (Å²) in [5, 5.41) is 0. The largest absolute Gasteiger partial charge is 0.448 e. The lowest BCUT2D eigenvalue weighted by Crippen LogP contribution is -2.37. The van der Waals surface area contributed by atoms with Crippen LogP contribution in [0.1, 0.15) is 38.7 Å². The van der Waals surface area contributed by atoms with Crippen LogP contribution in [0.2, 0.25) is 0 Å². The molecule has 2 nitrogen and oxygen atoms in total. The number of fused-ring (bicyclic) bond motifs is 1. The molecule has 0 spiro atoms. The van der Waals surface area contributed by atoms with Crippen molar-refractivity contribution in [3.63, 3.8) is 0 Å². The Labute approximate surface area is 91.2 Å². The van der Waals surface area contributed by atoms with Crippen molar-refractivity contribution < 1.29 is 9.47 Å². The van der Waals surface area contributed by atoms with Crippen LogP contribution < -0.4 is 9.47 Å². The highest BCUT2D eigenvalue weighted by Gasteiger charge is 2.38. The van der Waals surface area contributed by atoms with E-state index in [1.165, 1.54) is 5.56 Å². The van der Waals surface area contributed by atoms with Gasteiger partial charge in [0.05, 0.1) is 0 Å². The van der Waals surface area contributed by atoms with Gasteiger partial charge in [-0.05, 0) is 31.0 Å². The second kappa shape index (κ2) is 3.76. The minimum Gasteiger partial charge on any atom is -0.448 e. The molecule has 1 unspecified atom stereocenters. The molecule has 1 aromatic carbocycles. The summed E-state index contributed by atoms with van der Waals surface area (Å²) < 4.78 is 11.9. The number of benzene rings is 1. The second-order valence-electron chi connectivity index (χ2n) is 4.17. The van der Waals surface area contributed by atoms with Crippen LogP contribution in [-0.4, -0.2) is 5.79 Å². The molecule has 1 aliphatic rings. The molecule has 1 aliphatic heterocycles. The van der Waals surface area contributed by atoms with Crippen LogP contribution in [0.3, 0.4) is 0 Å². The Bertz CT molecular complexity index is 360. The Balaban J connectivity index is 2.26. The number of hydrogen-bond acceptors (Lipinski definition) is 2. The molecule has 1 heterocycles. The van der Waals surface area contributed by atoms with Crippen LogP contribution in [0.15, 0.2) is 18.2 Å². The van der Waals surface area contributed by atoms with Crippen molar-refractivity contribution >= 4 is 0 Å². The molecule has 1 aromatic rings. The van der Waals surface area contributed by atoms with Gasteiger partial charge < -0.3 is 9.47 Å². The summed E-state index contributed by atoms with van der Waals surface area (Å²) in [4.78, 5) is 0. The molecule has 0 fully saturated rings. The predicted octanol–water partition coefficient (Wildman–Crippen LogP) is 3.67. The first-order valence-corrected chi connectivity index (χ1v) is 5.68. The fourth-order valence-corrected chi connectivity index (χ4v) is 2.01. The van der Waals surface area contributed by atoms with Gasteiger partial charge >= 0.3 is 0 Å². The van der Waals surface area contributed by atoms with E-state index in [0.717, 1.165) is 30.8 Å². The first-order valence-electron chi connectivity index (χ1n) is 5.68. The molecule has 0 N–H and O–H groups in total. The van der Waals surface area contributed by atoms with Crippen molar-refractivity contribution in [3.8, 4) is 11.5 Å². The van der Waals surface area contributed by atoms with Crippen LogP contribution >= 0.6 is 0 Å². The second-order valence-corrected chi connectivity index (χ2v) is 4.17. The highest BCUT2D eigenvalue weighted by molar-refractivity contribution is 5.45. The van der Waals surface area contributed by atoms with Crippen LogP contribution in [0.4, 0.5) is 0 Å². The Hall–Kier alpha value is -1.18. The van der Waals surface area contributed by atoms with Gasteiger partial charge in [0, 0.05) is 12.8 Å². The van der Waals surface area contributed by atoms with Crippen molar-refractivity contribution in [2.75, 3.05) is 0 Å². The van der Waals surface area contributed by atoms with Gasteiger partial charge in [-0.25, -0.2) is 0 Å². The standard InChI is InChI=1S/C13H18O2/c1-4-8-13(5-2)14-11-7-6-10(3)9-12(11)15-13/h6-7,9H,4-5,8H2,1-3H3. The van der Waals surface area contributed by atoms with Crippen LogP contribution in [0.5, 0.6) is 11.5 Å². The van der Waals surface area contributed by atoms with E-state index in [9.17, 15) is 0 Å². The Morgan fingerprint density at radius 1 is 1.13 bits per heavy atom. The summed E-state index contributed by atoms with van der Waals surface area (Å²) in [6.45, 7) is 6.32. The van der Waals surface area contributed by atoms with Crippen molar-refractivity contribution in [1.29, 1.82) is 0 Å². The highest BCUT2D eigenvalue weighted by atomic mass is 16.7. The van der Waals surface area contributed by atoms with Gasteiger partial charge in [-0.1, -0.05) is 19.9 Å². The third-order valence-electron chi connectivity index (χ3n) is 2.86. The Morgan fingerprint density at radius 2 is 1.87 bits per heavy atom. The van der Waals surface area contributed by atoms with Crippen LogP contribution in [-0.2, 0) is 0 Å². The third-order valence-corrected chi connectivity index (χ3v) is 2.86. The summed E-state index contributed by atoms with van der Waals surface area (Å²) in [6, 6.07) is 6.10. The molecule has 0 saturated carbocycles. The smallest absolute Gasteiger partial charge is 0.251 e. The molecule has 2 rings (SSSR count). The van der Waals surface area contributed by atoms with Gasteiger partial charge in [0.25, 0.3) is 5.79 Å². The number of aryl methyl sites for hydroxylation is 1. The zero-order chi connectivity index (χ0) is 10.9. The molecule has 1 atom stereocenters. The summed E-state index contributed by atoms with van der Waals surface area (Å²) >= 11 is 0. The van der Waals surface area contributed by atoms with Crippen molar-refractivity contribution in [2.24, 2.45) is 0 Å². The van der Waals surface area contributed by atoms with Crippen LogP contribution in [0, 0.1) is 6.92 Å². The fourth-order valence-electron chi connectivity index (χ4n) is 2.01. The molecule has 0 radical (unpaired) electrons. The zero-order valence-electron chi connectivity index (χ0n) is 9.67. The minimum atomic E-state index is -0.412. The number of rotatable bonds is 3. The summed E-state index contributed by atoms with van der Waals surface area (Å²) in [5.41, 5.74) is 1.21. The maximum absolute atomic E-state index is 5.94. The molecule has 0 aliphatic carbocycles. The lowest BCUT2D eigenvalue weighted by atomic mass is 10.1. The van der Waals surface area contributed by atoms with Gasteiger partial charge in [0.15, 0.2) is 11.5 Å². The molecule has 15 heavy (non-hydrogen) atoms. The fraction of sp³-hybridized carbons (Fsp3) is 0.538. The van der Waals surface area contributed by atoms with E-state index in [1.807, 2.05) is 12.1 Å². The van der Waals surface area contributed by atoms with E-state index in [0.29, 0.717) is 0 Å². The number of hydrogen-bond donors (Lipinski definition) is 0. The predicted molar refractivity (Wildman–Crippen MR) is 60.4 cm³/mol. The maximum Gasteiger partial charge on any atom is 0.251 e. The normalized spacial score (nSPS) is 23.1. The monoisotopic (exact) mass is 206 g/mol. The molecule has 2 heteroatoms. The van der Waals surface area contributed by atoms with Crippen molar-refractivity contribution in [1.82, 2.24) is 0 Å².